The molecule has 0 bridgehead atoms. The van der Waals surface area contributed by atoms with Crippen molar-refractivity contribution in [2.45, 2.75) is 46.0 Å². The van der Waals surface area contributed by atoms with Gasteiger partial charge in [-0.05, 0) is 48.8 Å². The fourth-order valence-electron chi connectivity index (χ4n) is 3.57. The highest BCUT2D eigenvalue weighted by Gasteiger charge is 2.34. The van der Waals surface area contributed by atoms with Gasteiger partial charge in [0, 0.05) is 6.54 Å². The summed E-state index contributed by atoms with van der Waals surface area (Å²) in [6.45, 7) is 5.40. The standard InChI is InChI=1S/C17H26N2O2/c1-12(2)10-17(7-3-4-8-17)11-19-15-9-13(16(20)21)5-6-14(15)18/h5-6,9,12,19H,3-4,7-8,10-11,18H2,1-2H3,(H,20,21). The van der Waals surface area contributed by atoms with E-state index in [0.717, 1.165) is 12.2 Å². The van der Waals surface area contributed by atoms with E-state index in [-0.39, 0.29) is 5.56 Å². The van der Waals surface area contributed by atoms with Crippen molar-refractivity contribution < 1.29 is 9.90 Å². The molecule has 0 heterocycles. The summed E-state index contributed by atoms with van der Waals surface area (Å²) >= 11 is 0. The Balaban J connectivity index is 2.10. The van der Waals surface area contributed by atoms with Gasteiger partial charge >= 0.3 is 5.97 Å². The summed E-state index contributed by atoms with van der Waals surface area (Å²) in [5.41, 5.74) is 7.92. The van der Waals surface area contributed by atoms with E-state index in [2.05, 4.69) is 19.2 Å². The first-order valence-electron chi connectivity index (χ1n) is 7.79. The van der Waals surface area contributed by atoms with E-state index in [1.165, 1.54) is 32.1 Å². The maximum Gasteiger partial charge on any atom is 0.335 e. The Hall–Kier alpha value is -1.71. The predicted molar refractivity (Wildman–Crippen MR) is 86.7 cm³/mol. The molecule has 0 aromatic heterocycles. The third-order valence-electron chi connectivity index (χ3n) is 4.46. The van der Waals surface area contributed by atoms with Gasteiger partial charge in [0.2, 0.25) is 0 Å². The summed E-state index contributed by atoms with van der Waals surface area (Å²) in [6, 6.07) is 4.84. The lowest BCUT2D eigenvalue weighted by atomic mass is 9.78. The molecular formula is C17H26N2O2. The topological polar surface area (TPSA) is 75.3 Å². The van der Waals surface area contributed by atoms with Gasteiger partial charge in [-0.3, -0.25) is 0 Å². The van der Waals surface area contributed by atoms with Gasteiger partial charge < -0.3 is 16.2 Å². The van der Waals surface area contributed by atoms with Gasteiger partial charge in [-0.25, -0.2) is 4.79 Å². The number of carbonyl (C=O) groups is 1. The minimum atomic E-state index is -0.921. The molecule has 0 unspecified atom stereocenters. The average molecular weight is 290 g/mol. The summed E-state index contributed by atoms with van der Waals surface area (Å²) < 4.78 is 0. The third kappa shape index (κ3) is 3.90. The SMILES string of the molecule is CC(C)CC1(CNc2cc(C(=O)O)ccc2N)CCCC1. The zero-order valence-electron chi connectivity index (χ0n) is 13.0. The van der Waals surface area contributed by atoms with Crippen molar-refractivity contribution >= 4 is 17.3 Å². The molecule has 4 N–H and O–H groups in total. The number of nitrogens with one attached hydrogen (secondary N) is 1. The van der Waals surface area contributed by atoms with E-state index in [0.29, 0.717) is 17.0 Å². The van der Waals surface area contributed by atoms with Crippen LogP contribution in [0.3, 0.4) is 0 Å². The van der Waals surface area contributed by atoms with Crippen LogP contribution in [0.15, 0.2) is 18.2 Å². The number of carboxylic acid groups (broad SMARTS) is 1. The van der Waals surface area contributed by atoms with Crippen LogP contribution in [0, 0.1) is 11.3 Å². The summed E-state index contributed by atoms with van der Waals surface area (Å²) in [5, 5.41) is 12.5. The smallest absolute Gasteiger partial charge is 0.335 e. The Morgan fingerprint density at radius 1 is 1.38 bits per heavy atom. The van der Waals surface area contributed by atoms with Gasteiger partial charge in [-0.1, -0.05) is 26.7 Å². The molecule has 1 aliphatic rings. The summed E-state index contributed by atoms with van der Waals surface area (Å²) in [7, 11) is 0. The van der Waals surface area contributed by atoms with Gasteiger partial charge in [0.15, 0.2) is 0 Å². The number of nitrogens with two attached hydrogens (primary N) is 1. The van der Waals surface area contributed by atoms with Crippen LogP contribution in [0.25, 0.3) is 0 Å². The van der Waals surface area contributed by atoms with Gasteiger partial charge in [0.1, 0.15) is 0 Å². The largest absolute Gasteiger partial charge is 0.478 e. The zero-order valence-corrected chi connectivity index (χ0v) is 13.0. The maximum absolute atomic E-state index is 11.1. The van der Waals surface area contributed by atoms with E-state index >= 15 is 0 Å². The molecule has 4 heteroatoms. The summed E-state index contributed by atoms with van der Waals surface area (Å²) in [6.07, 6.45) is 6.28. The van der Waals surface area contributed by atoms with Crippen LogP contribution < -0.4 is 11.1 Å². The monoisotopic (exact) mass is 290 g/mol. The number of anilines is 2. The highest BCUT2D eigenvalue weighted by atomic mass is 16.4. The maximum atomic E-state index is 11.1. The number of hydrogen-bond acceptors (Lipinski definition) is 3. The number of carboxylic acids is 1. The molecule has 0 atom stereocenters. The Morgan fingerprint density at radius 3 is 2.62 bits per heavy atom. The fraction of sp³-hybridized carbons (Fsp3) is 0.588. The van der Waals surface area contributed by atoms with Crippen molar-refractivity contribution in [1.29, 1.82) is 0 Å². The van der Waals surface area contributed by atoms with Crippen LogP contribution in [-0.2, 0) is 0 Å². The average Bonchev–Trinajstić information content (AvgIpc) is 2.85. The molecule has 1 aromatic carbocycles. The number of nitrogen functional groups attached to an aromatic ring is 1. The molecule has 21 heavy (non-hydrogen) atoms. The molecular weight excluding hydrogens is 264 g/mol. The lowest BCUT2D eigenvalue weighted by molar-refractivity contribution is 0.0697. The molecule has 2 rings (SSSR count). The van der Waals surface area contributed by atoms with Crippen molar-refractivity contribution in [3.8, 4) is 0 Å². The van der Waals surface area contributed by atoms with Gasteiger partial charge in [0.05, 0.1) is 16.9 Å². The quantitative estimate of drug-likeness (QED) is 0.693. The second kappa shape index (κ2) is 6.37. The van der Waals surface area contributed by atoms with Gasteiger partial charge in [-0.15, -0.1) is 0 Å². The first-order chi connectivity index (χ1) is 9.92. The zero-order chi connectivity index (χ0) is 15.5. The normalized spacial score (nSPS) is 17.1. The highest BCUT2D eigenvalue weighted by Crippen LogP contribution is 2.43. The Labute approximate surface area is 126 Å². The van der Waals surface area contributed by atoms with Crippen LogP contribution in [0.4, 0.5) is 11.4 Å². The number of benzene rings is 1. The molecule has 0 radical (unpaired) electrons. The second-order valence-corrected chi connectivity index (χ2v) is 6.77. The van der Waals surface area contributed by atoms with E-state index in [1.54, 1.807) is 18.2 Å². The van der Waals surface area contributed by atoms with Crippen LogP contribution in [0.5, 0.6) is 0 Å². The van der Waals surface area contributed by atoms with Crippen molar-refractivity contribution in [2.24, 2.45) is 11.3 Å². The van der Waals surface area contributed by atoms with Crippen LogP contribution in [0.2, 0.25) is 0 Å². The number of hydrogen-bond donors (Lipinski definition) is 3. The van der Waals surface area contributed by atoms with Crippen molar-refractivity contribution in [1.82, 2.24) is 0 Å². The molecule has 0 amide bonds. The van der Waals surface area contributed by atoms with Crippen molar-refractivity contribution in [3.05, 3.63) is 23.8 Å². The van der Waals surface area contributed by atoms with E-state index < -0.39 is 5.97 Å². The van der Waals surface area contributed by atoms with Crippen LogP contribution in [-0.4, -0.2) is 17.6 Å². The van der Waals surface area contributed by atoms with Crippen molar-refractivity contribution in [3.63, 3.8) is 0 Å². The molecule has 1 aliphatic carbocycles. The highest BCUT2D eigenvalue weighted by molar-refractivity contribution is 5.90. The number of rotatable bonds is 6. The minimum Gasteiger partial charge on any atom is -0.478 e. The lowest BCUT2D eigenvalue weighted by Crippen LogP contribution is -2.28. The molecule has 0 spiro atoms. The second-order valence-electron chi connectivity index (χ2n) is 6.77. The first-order valence-corrected chi connectivity index (χ1v) is 7.79. The Morgan fingerprint density at radius 2 is 2.05 bits per heavy atom. The first kappa shape index (κ1) is 15.7. The summed E-state index contributed by atoms with van der Waals surface area (Å²) in [5.74, 6) is -0.247. The summed E-state index contributed by atoms with van der Waals surface area (Å²) in [4.78, 5) is 11.1. The van der Waals surface area contributed by atoms with E-state index in [1.807, 2.05) is 0 Å². The van der Waals surface area contributed by atoms with E-state index in [4.69, 9.17) is 10.8 Å². The molecule has 0 aliphatic heterocycles. The van der Waals surface area contributed by atoms with Crippen LogP contribution >= 0.6 is 0 Å². The molecule has 1 fully saturated rings. The molecule has 116 valence electrons. The minimum absolute atomic E-state index is 0.274. The Bertz CT molecular complexity index is 506. The molecule has 1 aromatic rings. The van der Waals surface area contributed by atoms with E-state index in [9.17, 15) is 4.79 Å². The van der Waals surface area contributed by atoms with Gasteiger partial charge in [-0.2, -0.15) is 0 Å². The molecule has 1 saturated carbocycles. The fourth-order valence-corrected chi connectivity index (χ4v) is 3.57. The Kier molecular flexibility index (Phi) is 4.76. The predicted octanol–water partition coefficient (Wildman–Crippen LogP) is 3.99. The van der Waals surface area contributed by atoms with Crippen molar-refractivity contribution in [2.75, 3.05) is 17.6 Å². The lowest BCUT2D eigenvalue weighted by Gasteiger charge is -2.32. The van der Waals surface area contributed by atoms with Crippen LogP contribution in [0.1, 0.15) is 56.3 Å². The van der Waals surface area contributed by atoms with Gasteiger partial charge in [0.25, 0.3) is 0 Å². The molecule has 4 nitrogen and oxygen atoms in total. The molecule has 0 saturated heterocycles. The third-order valence-corrected chi connectivity index (χ3v) is 4.46. The number of aromatic carboxylic acids is 1.